The standard InChI is InChI=1S/C20H18N2O4/c1-25-20(24)17-8-6-16(7-9-17)19(23)22(14-18-5-3-11-26-18)13-15-4-2-10-21-12-15/h2-12H,13-14H2,1H3. The predicted octanol–water partition coefficient (Wildman–Crippen LogP) is 3.30. The van der Waals surface area contributed by atoms with Crippen LogP contribution in [0.2, 0.25) is 0 Å². The molecule has 0 unspecified atom stereocenters. The van der Waals surface area contributed by atoms with E-state index in [2.05, 4.69) is 9.72 Å². The topological polar surface area (TPSA) is 72.6 Å². The van der Waals surface area contributed by atoms with E-state index in [9.17, 15) is 9.59 Å². The summed E-state index contributed by atoms with van der Waals surface area (Å²) in [6.07, 6.45) is 4.99. The van der Waals surface area contributed by atoms with Gasteiger partial charge in [0.2, 0.25) is 0 Å². The van der Waals surface area contributed by atoms with Crippen molar-refractivity contribution in [3.8, 4) is 0 Å². The summed E-state index contributed by atoms with van der Waals surface area (Å²) in [4.78, 5) is 30.3. The van der Waals surface area contributed by atoms with Crippen LogP contribution < -0.4 is 0 Å². The highest BCUT2D eigenvalue weighted by Gasteiger charge is 2.18. The van der Waals surface area contributed by atoms with Gasteiger partial charge in [-0.15, -0.1) is 0 Å². The van der Waals surface area contributed by atoms with E-state index in [1.54, 1.807) is 53.9 Å². The highest BCUT2D eigenvalue weighted by atomic mass is 16.5. The fraction of sp³-hybridized carbons (Fsp3) is 0.150. The molecule has 0 saturated heterocycles. The van der Waals surface area contributed by atoms with Crippen LogP contribution in [0.5, 0.6) is 0 Å². The van der Waals surface area contributed by atoms with Crippen LogP contribution in [-0.2, 0) is 17.8 Å². The summed E-state index contributed by atoms with van der Waals surface area (Å²) in [5.41, 5.74) is 1.79. The Kier molecular flexibility index (Phi) is 5.43. The molecule has 0 radical (unpaired) electrons. The summed E-state index contributed by atoms with van der Waals surface area (Å²) < 4.78 is 10.1. The van der Waals surface area contributed by atoms with Crippen molar-refractivity contribution in [2.24, 2.45) is 0 Å². The first-order valence-corrected chi connectivity index (χ1v) is 8.06. The Morgan fingerprint density at radius 2 is 1.81 bits per heavy atom. The van der Waals surface area contributed by atoms with Crippen molar-refractivity contribution in [1.82, 2.24) is 9.88 Å². The minimum atomic E-state index is -0.438. The van der Waals surface area contributed by atoms with Gasteiger partial charge in [0.25, 0.3) is 5.91 Å². The first kappa shape index (κ1) is 17.4. The summed E-state index contributed by atoms with van der Waals surface area (Å²) in [6.45, 7) is 0.728. The van der Waals surface area contributed by atoms with Crippen LogP contribution in [0.4, 0.5) is 0 Å². The zero-order chi connectivity index (χ0) is 18.4. The van der Waals surface area contributed by atoms with Gasteiger partial charge in [0.1, 0.15) is 5.76 Å². The molecule has 0 fully saturated rings. The lowest BCUT2D eigenvalue weighted by Gasteiger charge is -2.22. The molecule has 26 heavy (non-hydrogen) atoms. The molecule has 3 aromatic rings. The van der Waals surface area contributed by atoms with Crippen LogP contribution in [0, 0.1) is 0 Å². The Bertz CT molecular complexity index is 859. The molecule has 132 valence electrons. The predicted molar refractivity (Wildman–Crippen MR) is 94.3 cm³/mol. The number of amides is 1. The van der Waals surface area contributed by atoms with E-state index in [1.807, 2.05) is 18.2 Å². The monoisotopic (exact) mass is 350 g/mol. The second-order valence-corrected chi connectivity index (χ2v) is 5.67. The van der Waals surface area contributed by atoms with Crippen LogP contribution in [0.3, 0.4) is 0 Å². The SMILES string of the molecule is COC(=O)c1ccc(C(=O)N(Cc2cccnc2)Cc2ccco2)cc1. The molecule has 0 aliphatic heterocycles. The van der Waals surface area contributed by atoms with Gasteiger partial charge in [0, 0.05) is 24.5 Å². The van der Waals surface area contributed by atoms with Gasteiger partial charge in [0.15, 0.2) is 0 Å². The lowest BCUT2D eigenvalue weighted by Crippen LogP contribution is -2.30. The Labute approximate surface area is 151 Å². The molecule has 2 aromatic heterocycles. The third-order valence-electron chi connectivity index (χ3n) is 3.86. The van der Waals surface area contributed by atoms with Crippen molar-refractivity contribution in [1.29, 1.82) is 0 Å². The number of pyridine rings is 1. The molecule has 3 rings (SSSR count). The Hall–Kier alpha value is -3.41. The molecule has 1 aromatic carbocycles. The molecule has 2 heterocycles. The maximum absolute atomic E-state index is 13.0. The molecule has 0 bridgehead atoms. The summed E-state index contributed by atoms with van der Waals surface area (Å²) in [5.74, 6) is 0.0851. The average molecular weight is 350 g/mol. The second-order valence-electron chi connectivity index (χ2n) is 5.67. The minimum absolute atomic E-state index is 0.165. The van der Waals surface area contributed by atoms with E-state index in [4.69, 9.17) is 4.42 Å². The number of furan rings is 1. The van der Waals surface area contributed by atoms with E-state index in [-0.39, 0.29) is 5.91 Å². The number of methoxy groups -OCH3 is 1. The van der Waals surface area contributed by atoms with Crippen molar-refractivity contribution in [2.75, 3.05) is 7.11 Å². The molecule has 1 amide bonds. The number of rotatable bonds is 6. The van der Waals surface area contributed by atoms with Crippen LogP contribution in [0.25, 0.3) is 0 Å². The summed E-state index contributed by atoms with van der Waals surface area (Å²) in [6, 6.07) is 13.7. The first-order valence-electron chi connectivity index (χ1n) is 8.06. The molecule has 6 nitrogen and oxygen atoms in total. The maximum atomic E-state index is 13.0. The molecule has 0 aliphatic carbocycles. The number of aromatic nitrogens is 1. The number of carbonyl (C=O) groups is 2. The van der Waals surface area contributed by atoms with Gasteiger partial charge in [0.05, 0.1) is 25.5 Å². The van der Waals surface area contributed by atoms with Crippen LogP contribution in [0.1, 0.15) is 32.0 Å². The quantitative estimate of drug-likeness (QED) is 0.638. The lowest BCUT2D eigenvalue weighted by atomic mass is 10.1. The zero-order valence-corrected chi connectivity index (χ0v) is 14.3. The molecule has 0 saturated carbocycles. The average Bonchev–Trinajstić information content (AvgIpc) is 3.20. The number of ether oxygens (including phenoxy) is 1. The van der Waals surface area contributed by atoms with Gasteiger partial charge < -0.3 is 14.1 Å². The van der Waals surface area contributed by atoms with Crippen LogP contribution >= 0.6 is 0 Å². The number of nitrogens with zero attached hydrogens (tertiary/aromatic N) is 2. The molecular formula is C20H18N2O4. The van der Waals surface area contributed by atoms with Crippen molar-refractivity contribution in [3.63, 3.8) is 0 Å². The minimum Gasteiger partial charge on any atom is -0.467 e. The molecule has 0 atom stereocenters. The van der Waals surface area contributed by atoms with Crippen LogP contribution in [0.15, 0.2) is 71.6 Å². The van der Waals surface area contributed by atoms with Gasteiger partial charge in [-0.3, -0.25) is 9.78 Å². The maximum Gasteiger partial charge on any atom is 0.337 e. The van der Waals surface area contributed by atoms with Gasteiger partial charge >= 0.3 is 5.97 Å². The van der Waals surface area contributed by atoms with Crippen molar-refractivity contribution in [3.05, 3.63) is 89.6 Å². The second kappa shape index (κ2) is 8.11. The molecule has 0 aliphatic rings. The highest BCUT2D eigenvalue weighted by Crippen LogP contribution is 2.15. The van der Waals surface area contributed by atoms with E-state index in [1.165, 1.54) is 7.11 Å². The summed E-state index contributed by atoms with van der Waals surface area (Å²) in [7, 11) is 1.32. The van der Waals surface area contributed by atoms with Gasteiger partial charge in [-0.1, -0.05) is 6.07 Å². The fourth-order valence-corrected chi connectivity index (χ4v) is 2.55. The number of esters is 1. The summed E-state index contributed by atoms with van der Waals surface area (Å²) in [5, 5.41) is 0. The third-order valence-corrected chi connectivity index (χ3v) is 3.86. The largest absolute Gasteiger partial charge is 0.467 e. The molecular weight excluding hydrogens is 332 g/mol. The first-order chi connectivity index (χ1) is 12.7. The number of carbonyl (C=O) groups excluding carboxylic acids is 2. The smallest absolute Gasteiger partial charge is 0.337 e. The number of hydrogen-bond donors (Lipinski definition) is 0. The van der Waals surface area contributed by atoms with Gasteiger partial charge in [-0.2, -0.15) is 0 Å². The Morgan fingerprint density at radius 3 is 2.42 bits per heavy atom. The lowest BCUT2D eigenvalue weighted by molar-refractivity contribution is 0.0599. The normalized spacial score (nSPS) is 10.3. The molecule has 0 spiro atoms. The summed E-state index contributed by atoms with van der Waals surface area (Å²) >= 11 is 0. The van der Waals surface area contributed by atoms with Crippen molar-refractivity contribution >= 4 is 11.9 Å². The zero-order valence-electron chi connectivity index (χ0n) is 14.3. The fourth-order valence-electron chi connectivity index (χ4n) is 2.55. The van der Waals surface area contributed by atoms with Crippen molar-refractivity contribution in [2.45, 2.75) is 13.1 Å². The van der Waals surface area contributed by atoms with Crippen molar-refractivity contribution < 1.29 is 18.7 Å². The third kappa shape index (κ3) is 4.16. The molecule has 0 N–H and O–H groups in total. The van der Waals surface area contributed by atoms with E-state index in [0.29, 0.717) is 30.0 Å². The Balaban J connectivity index is 1.82. The van der Waals surface area contributed by atoms with Gasteiger partial charge in [-0.25, -0.2) is 4.79 Å². The Morgan fingerprint density at radius 1 is 1.04 bits per heavy atom. The van der Waals surface area contributed by atoms with Gasteiger partial charge in [-0.05, 0) is 48.0 Å². The number of hydrogen-bond acceptors (Lipinski definition) is 5. The van der Waals surface area contributed by atoms with E-state index < -0.39 is 5.97 Å². The van der Waals surface area contributed by atoms with E-state index >= 15 is 0 Å². The highest BCUT2D eigenvalue weighted by molar-refractivity contribution is 5.96. The van der Waals surface area contributed by atoms with E-state index in [0.717, 1.165) is 5.56 Å². The van der Waals surface area contributed by atoms with Crippen LogP contribution in [-0.4, -0.2) is 28.9 Å². The molecule has 6 heteroatoms. The number of benzene rings is 1.